The largest absolute Gasteiger partial charge is 0.471 e. The summed E-state index contributed by atoms with van der Waals surface area (Å²) in [6, 6.07) is 9.78. The molecular formula is C22H20F4N4O4. The normalized spacial score (nSPS) is 16.0. The summed E-state index contributed by atoms with van der Waals surface area (Å²) in [5.41, 5.74) is 0.300. The van der Waals surface area contributed by atoms with E-state index in [2.05, 4.69) is 5.32 Å². The van der Waals surface area contributed by atoms with Crippen LogP contribution in [0.2, 0.25) is 0 Å². The van der Waals surface area contributed by atoms with Crippen molar-refractivity contribution in [3.63, 3.8) is 0 Å². The van der Waals surface area contributed by atoms with Gasteiger partial charge in [0.25, 0.3) is 11.8 Å². The number of hydrogen-bond donors (Lipinski definition) is 3. The van der Waals surface area contributed by atoms with Crippen molar-refractivity contribution in [1.82, 2.24) is 15.5 Å². The molecule has 1 fully saturated rings. The third-order valence-electron chi connectivity index (χ3n) is 4.99. The van der Waals surface area contributed by atoms with E-state index in [9.17, 15) is 31.9 Å². The molecule has 1 atom stereocenters. The van der Waals surface area contributed by atoms with Gasteiger partial charge in [0, 0.05) is 29.8 Å². The van der Waals surface area contributed by atoms with Crippen molar-refractivity contribution in [2.75, 3.05) is 26.3 Å². The Bertz CT molecular complexity index is 1090. The number of nitrogens with one attached hydrogen (secondary N) is 3. The quantitative estimate of drug-likeness (QED) is 0.346. The maximum absolute atomic E-state index is 13.5. The van der Waals surface area contributed by atoms with E-state index in [-0.39, 0.29) is 36.4 Å². The molecule has 0 aromatic heterocycles. The monoisotopic (exact) mass is 480 g/mol. The van der Waals surface area contributed by atoms with Gasteiger partial charge in [0.15, 0.2) is 0 Å². The van der Waals surface area contributed by atoms with Crippen LogP contribution in [0.5, 0.6) is 0 Å². The molecule has 12 heteroatoms. The second-order valence-electron chi connectivity index (χ2n) is 7.35. The Morgan fingerprint density at radius 2 is 1.74 bits per heavy atom. The smallest absolute Gasteiger partial charge is 0.377 e. The SMILES string of the molecule is N=C(NC(=O)C(F)(F)F)c1ccc(C(=O)NCC2COCCN2C(=O)c2cccc(F)c2)cc1. The maximum atomic E-state index is 13.5. The zero-order valence-electron chi connectivity index (χ0n) is 17.6. The highest BCUT2D eigenvalue weighted by atomic mass is 19.4. The van der Waals surface area contributed by atoms with Gasteiger partial charge in [0.05, 0.1) is 19.3 Å². The lowest BCUT2D eigenvalue weighted by Gasteiger charge is -2.35. The highest BCUT2D eigenvalue weighted by Gasteiger charge is 2.39. The molecule has 3 N–H and O–H groups in total. The minimum absolute atomic E-state index is 0.0262. The van der Waals surface area contributed by atoms with Gasteiger partial charge in [-0.05, 0) is 30.3 Å². The number of carbonyl (C=O) groups excluding carboxylic acids is 3. The van der Waals surface area contributed by atoms with Crippen molar-refractivity contribution in [2.45, 2.75) is 12.2 Å². The zero-order valence-corrected chi connectivity index (χ0v) is 17.6. The van der Waals surface area contributed by atoms with Crippen LogP contribution in [0.25, 0.3) is 0 Å². The molecule has 3 amide bonds. The molecule has 34 heavy (non-hydrogen) atoms. The number of rotatable bonds is 5. The van der Waals surface area contributed by atoms with Gasteiger partial charge >= 0.3 is 12.1 Å². The molecule has 2 aromatic rings. The van der Waals surface area contributed by atoms with E-state index >= 15 is 0 Å². The Hall–Kier alpha value is -3.80. The van der Waals surface area contributed by atoms with E-state index in [1.165, 1.54) is 52.7 Å². The Balaban J connectivity index is 1.60. The van der Waals surface area contributed by atoms with Gasteiger partial charge in [0.1, 0.15) is 11.7 Å². The fraction of sp³-hybridized carbons (Fsp3) is 0.273. The van der Waals surface area contributed by atoms with Crippen molar-refractivity contribution >= 4 is 23.6 Å². The second-order valence-corrected chi connectivity index (χ2v) is 7.35. The van der Waals surface area contributed by atoms with Crippen LogP contribution in [0.1, 0.15) is 26.3 Å². The highest BCUT2D eigenvalue weighted by molar-refractivity contribution is 6.08. The molecule has 1 saturated heterocycles. The zero-order chi connectivity index (χ0) is 24.9. The van der Waals surface area contributed by atoms with Crippen LogP contribution in [0.4, 0.5) is 17.6 Å². The van der Waals surface area contributed by atoms with Crippen molar-refractivity contribution < 1.29 is 36.7 Å². The van der Waals surface area contributed by atoms with Gasteiger partial charge in [-0.1, -0.05) is 18.2 Å². The number of ether oxygens (including phenoxy) is 1. The lowest BCUT2D eigenvalue weighted by Crippen LogP contribution is -2.53. The Morgan fingerprint density at radius 1 is 1.06 bits per heavy atom. The second kappa shape index (κ2) is 10.4. The van der Waals surface area contributed by atoms with Crippen LogP contribution in [-0.2, 0) is 9.53 Å². The summed E-state index contributed by atoms with van der Waals surface area (Å²) in [7, 11) is 0. The first-order chi connectivity index (χ1) is 16.1. The summed E-state index contributed by atoms with van der Waals surface area (Å²) in [4.78, 5) is 37.7. The topological polar surface area (TPSA) is 112 Å². The molecule has 1 aliphatic rings. The highest BCUT2D eigenvalue weighted by Crippen LogP contribution is 2.16. The van der Waals surface area contributed by atoms with Crippen molar-refractivity contribution in [1.29, 1.82) is 5.41 Å². The summed E-state index contributed by atoms with van der Waals surface area (Å²) in [6.07, 6.45) is -5.13. The number of morpholine rings is 1. The van der Waals surface area contributed by atoms with Gasteiger partial charge in [-0.3, -0.25) is 19.8 Å². The molecule has 180 valence electrons. The minimum atomic E-state index is -5.13. The number of amides is 3. The molecule has 0 radical (unpaired) electrons. The fourth-order valence-electron chi connectivity index (χ4n) is 3.24. The predicted molar refractivity (Wildman–Crippen MR) is 112 cm³/mol. The molecule has 0 aliphatic carbocycles. The Morgan fingerprint density at radius 3 is 2.38 bits per heavy atom. The summed E-state index contributed by atoms with van der Waals surface area (Å²) in [5, 5.41) is 11.7. The summed E-state index contributed by atoms with van der Waals surface area (Å²) in [6.45, 7) is 0.760. The van der Waals surface area contributed by atoms with Crippen molar-refractivity contribution in [3.8, 4) is 0 Å². The molecule has 0 spiro atoms. The van der Waals surface area contributed by atoms with Crippen LogP contribution in [0, 0.1) is 11.2 Å². The standard InChI is InChI=1S/C22H20F4N4O4/c23-16-3-1-2-15(10-16)20(32)30-8-9-34-12-17(30)11-28-19(31)14-6-4-13(5-7-14)18(27)29-21(33)22(24,25)26/h1-7,10,17H,8-9,11-12H2,(H,28,31)(H2,27,29,33). The number of hydrogen-bond acceptors (Lipinski definition) is 5. The first-order valence-corrected chi connectivity index (χ1v) is 10.1. The van der Waals surface area contributed by atoms with Crippen LogP contribution >= 0.6 is 0 Å². The van der Waals surface area contributed by atoms with Crippen molar-refractivity contribution in [3.05, 3.63) is 71.0 Å². The van der Waals surface area contributed by atoms with Crippen LogP contribution < -0.4 is 10.6 Å². The third-order valence-corrected chi connectivity index (χ3v) is 4.99. The number of alkyl halides is 3. The lowest BCUT2D eigenvalue weighted by atomic mass is 10.1. The summed E-state index contributed by atoms with van der Waals surface area (Å²) >= 11 is 0. The van der Waals surface area contributed by atoms with E-state index in [1.54, 1.807) is 0 Å². The van der Waals surface area contributed by atoms with Gasteiger partial charge in [-0.2, -0.15) is 13.2 Å². The van der Waals surface area contributed by atoms with E-state index in [0.29, 0.717) is 6.61 Å². The maximum Gasteiger partial charge on any atom is 0.471 e. The first kappa shape index (κ1) is 24.8. The molecule has 3 rings (SSSR count). The third kappa shape index (κ3) is 6.16. The van der Waals surface area contributed by atoms with Crippen LogP contribution in [0.3, 0.4) is 0 Å². The number of carbonyl (C=O) groups is 3. The predicted octanol–water partition coefficient (Wildman–Crippen LogP) is 2.10. The summed E-state index contributed by atoms with van der Waals surface area (Å²) in [5.74, 6) is -4.50. The molecule has 0 bridgehead atoms. The molecule has 2 aromatic carbocycles. The van der Waals surface area contributed by atoms with E-state index in [4.69, 9.17) is 10.1 Å². The van der Waals surface area contributed by atoms with E-state index in [0.717, 1.165) is 6.07 Å². The first-order valence-electron chi connectivity index (χ1n) is 10.1. The molecular weight excluding hydrogens is 460 g/mol. The molecule has 1 heterocycles. The molecule has 0 saturated carbocycles. The molecule has 8 nitrogen and oxygen atoms in total. The van der Waals surface area contributed by atoms with Gasteiger partial charge in [-0.15, -0.1) is 0 Å². The van der Waals surface area contributed by atoms with Gasteiger partial charge < -0.3 is 20.3 Å². The Kier molecular flexibility index (Phi) is 7.61. The lowest BCUT2D eigenvalue weighted by molar-refractivity contribution is -0.171. The number of halogens is 4. The summed E-state index contributed by atoms with van der Waals surface area (Å²) < 4.78 is 55.8. The van der Waals surface area contributed by atoms with Crippen LogP contribution in [-0.4, -0.2) is 67.0 Å². The Labute approximate surface area is 191 Å². The molecule has 1 aliphatic heterocycles. The van der Waals surface area contributed by atoms with Gasteiger partial charge in [-0.25, -0.2) is 4.39 Å². The minimum Gasteiger partial charge on any atom is -0.377 e. The average molecular weight is 480 g/mol. The van der Waals surface area contributed by atoms with Crippen molar-refractivity contribution in [2.24, 2.45) is 0 Å². The van der Waals surface area contributed by atoms with Gasteiger partial charge in [0.2, 0.25) is 0 Å². The van der Waals surface area contributed by atoms with E-state index in [1.807, 2.05) is 0 Å². The molecule has 1 unspecified atom stereocenters. The van der Waals surface area contributed by atoms with E-state index < -0.39 is 41.6 Å². The average Bonchev–Trinajstić information content (AvgIpc) is 2.81. The fourth-order valence-corrected chi connectivity index (χ4v) is 3.24. The van der Waals surface area contributed by atoms with Crippen LogP contribution in [0.15, 0.2) is 48.5 Å². The number of amidine groups is 1. The number of benzene rings is 2. The number of nitrogens with zero attached hydrogens (tertiary/aromatic N) is 1.